The first kappa shape index (κ1) is 20.2. The van der Waals surface area contributed by atoms with Crippen LogP contribution in [0.2, 0.25) is 0 Å². The molecule has 4 aromatic rings. The zero-order valence-corrected chi connectivity index (χ0v) is 18.2. The van der Waals surface area contributed by atoms with Crippen LogP contribution in [-0.2, 0) is 10.0 Å². The lowest BCUT2D eigenvalue weighted by Gasteiger charge is -2.14. The van der Waals surface area contributed by atoms with Gasteiger partial charge in [-0.1, -0.05) is 12.1 Å². The molecule has 2 aromatic heterocycles. The second kappa shape index (κ2) is 8.37. The van der Waals surface area contributed by atoms with Crippen molar-refractivity contribution in [2.75, 3.05) is 17.9 Å². The maximum atomic E-state index is 13.1. The molecule has 0 amide bonds. The number of hydrogen-bond acceptors (Lipinski definition) is 6. The SMILES string of the molecule is CCOc1ccc(S(=O)(=O)Nc2cccc(-c3cn4ccsc4n3)c2)c(OCC)c1. The predicted molar refractivity (Wildman–Crippen MR) is 118 cm³/mol. The van der Waals surface area contributed by atoms with E-state index in [9.17, 15) is 8.42 Å². The molecule has 0 aliphatic rings. The number of anilines is 1. The van der Waals surface area contributed by atoms with Crippen molar-refractivity contribution in [1.29, 1.82) is 0 Å². The smallest absolute Gasteiger partial charge is 0.265 e. The minimum absolute atomic E-state index is 0.0562. The molecule has 0 atom stereocenters. The van der Waals surface area contributed by atoms with E-state index in [1.54, 1.807) is 48.6 Å². The van der Waals surface area contributed by atoms with Gasteiger partial charge in [0.2, 0.25) is 0 Å². The second-order valence-corrected chi connectivity index (χ2v) is 8.90. The van der Waals surface area contributed by atoms with Crippen LogP contribution in [0, 0.1) is 0 Å². The second-order valence-electron chi connectivity index (χ2n) is 6.38. The van der Waals surface area contributed by atoms with Crippen molar-refractivity contribution in [1.82, 2.24) is 9.38 Å². The first-order valence-corrected chi connectivity index (χ1v) is 11.8. The van der Waals surface area contributed by atoms with E-state index in [1.807, 2.05) is 35.2 Å². The van der Waals surface area contributed by atoms with Crippen LogP contribution in [0.5, 0.6) is 11.5 Å². The van der Waals surface area contributed by atoms with E-state index < -0.39 is 10.0 Å². The number of imidazole rings is 1. The standard InChI is InChI=1S/C21H21N3O4S2/c1-3-27-17-8-9-20(19(13-17)28-4-2)30(25,26)23-16-7-5-6-15(12-16)18-14-24-10-11-29-21(24)22-18/h5-14,23H,3-4H2,1-2H3. The Morgan fingerprint density at radius 3 is 2.70 bits per heavy atom. The van der Waals surface area contributed by atoms with E-state index in [2.05, 4.69) is 9.71 Å². The van der Waals surface area contributed by atoms with E-state index in [0.717, 1.165) is 16.2 Å². The molecular formula is C21H21N3O4S2. The lowest BCUT2D eigenvalue weighted by atomic mass is 10.1. The van der Waals surface area contributed by atoms with Crippen molar-refractivity contribution in [3.8, 4) is 22.8 Å². The zero-order chi connectivity index (χ0) is 21.1. The fourth-order valence-electron chi connectivity index (χ4n) is 3.05. The molecule has 2 heterocycles. The molecule has 0 aliphatic carbocycles. The van der Waals surface area contributed by atoms with Crippen LogP contribution >= 0.6 is 11.3 Å². The van der Waals surface area contributed by atoms with Crippen LogP contribution in [0.25, 0.3) is 16.2 Å². The first-order valence-electron chi connectivity index (χ1n) is 9.45. The van der Waals surface area contributed by atoms with Crippen LogP contribution in [-0.4, -0.2) is 31.0 Å². The lowest BCUT2D eigenvalue weighted by Crippen LogP contribution is -2.14. The van der Waals surface area contributed by atoms with Crippen LogP contribution in [0.15, 0.2) is 65.1 Å². The fourth-order valence-corrected chi connectivity index (χ4v) is 4.93. The number of rotatable bonds is 8. The van der Waals surface area contributed by atoms with Crippen molar-refractivity contribution >= 4 is 32.0 Å². The van der Waals surface area contributed by atoms with Gasteiger partial charge in [-0.15, -0.1) is 11.3 Å². The molecule has 7 nitrogen and oxygen atoms in total. The summed E-state index contributed by atoms with van der Waals surface area (Å²) in [6.45, 7) is 4.49. The molecule has 2 aromatic carbocycles. The summed E-state index contributed by atoms with van der Waals surface area (Å²) in [5.74, 6) is 0.808. The number of ether oxygens (including phenoxy) is 2. The number of nitrogens with zero attached hydrogens (tertiary/aromatic N) is 2. The largest absolute Gasteiger partial charge is 0.494 e. The number of benzene rings is 2. The molecule has 0 saturated carbocycles. The summed E-state index contributed by atoms with van der Waals surface area (Å²) in [4.78, 5) is 5.51. The number of aromatic nitrogens is 2. The third kappa shape index (κ3) is 4.12. The molecule has 0 saturated heterocycles. The van der Waals surface area contributed by atoms with Crippen molar-refractivity contribution < 1.29 is 17.9 Å². The molecule has 0 bridgehead atoms. The zero-order valence-electron chi connectivity index (χ0n) is 16.5. The average Bonchev–Trinajstić information content (AvgIpc) is 3.31. The van der Waals surface area contributed by atoms with Crippen molar-refractivity contribution in [3.63, 3.8) is 0 Å². The molecular weight excluding hydrogens is 422 g/mol. The molecule has 156 valence electrons. The van der Waals surface area contributed by atoms with Crippen molar-refractivity contribution in [2.24, 2.45) is 0 Å². The topological polar surface area (TPSA) is 81.9 Å². The van der Waals surface area contributed by atoms with Gasteiger partial charge in [0.25, 0.3) is 10.0 Å². The Bertz CT molecular complexity index is 1250. The fraction of sp³-hybridized carbons (Fsp3) is 0.190. The highest BCUT2D eigenvalue weighted by atomic mass is 32.2. The van der Waals surface area contributed by atoms with Gasteiger partial charge in [0.1, 0.15) is 16.4 Å². The third-order valence-corrected chi connectivity index (χ3v) is 6.51. The van der Waals surface area contributed by atoms with E-state index in [4.69, 9.17) is 9.47 Å². The van der Waals surface area contributed by atoms with Gasteiger partial charge >= 0.3 is 0 Å². The Kier molecular flexibility index (Phi) is 5.65. The molecule has 0 unspecified atom stereocenters. The van der Waals surface area contributed by atoms with Gasteiger partial charge in [-0.2, -0.15) is 0 Å². The van der Waals surface area contributed by atoms with E-state index in [-0.39, 0.29) is 10.6 Å². The molecule has 9 heteroatoms. The van der Waals surface area contributed by atoms with Gasteiger partial charge < -0.3 is 9.47 Å². The maximum absolute atomic E-state index is 13.1. The van der Waals surface area contributed by atoms with E-state index in [1.165, 1.54) is 6.07 Å². The van der Waals surface area contributed by atoms with Crippen LogP contribution in [0.3, 0.4) is 0 Å². The molecule has 0 fully saturated rings. The Hall–Kier alpha value is -3.04. The highest BCUT2D eigenvalue weighted by molar-refractivity contribution is 7.92. The summed E-state index contributed by atoms with van der Waals surface area (Å²) in [6.07, 6.45) is 3.85. The number of hydrogen-bond donors (Lipinski definition) is 1. The van der Waals surface area contributed by atoms with Gasteiger partial charge in [-0.25, -0.2) is 13.4 Å². The van der Waals surface area contributed by atoms with Gasteiger partial charge in [-0.3, -0.25) is 9.12 Å². The average molecular weight is 444 g/mol. The van der Waals surface area contributed by atoms with Gasteiger partial charge in [0, 0.05) is 35.1 Å². The number of sulfonamides is 1. The summed E-state index contributed by atoms with van der Waals surface area (Å²) < 4.78 is 41.7. The molecule has 0 spiro atoms. The minimum atomic E-state index is -3.86. The highest BCUT2D eigenvalue weighted by Crippen LogP contribution is 2.31. The summed E-state index contributed by atoms with van der Waals surface area (Å²) in [5, 5.41) is 1.96. The molecule has 0 aliphatic heterocycles. The van der Waals surface area contributed by atoms with Crippen molar-refractivity contribution in [3.05, 3.63) is 60.2 Å². The van der Waals surface area contributed by atoms with Crippen molar-refractivity contribution in [2.45, 2.75) is 18.7 Å². The van der Waals surface area contributed by atoms with Crippen LogP contribution < -0.4 is 14.2 Å². The molecule has 4 rings (SSSR count). The molecule has 0 radical (unpaired) electrons. The Morgan fingerprint density at radius 2 is 1.93 bits per heavy atom. The summed E-state index contributed by atoms with van der Waals surface area (Å²) in [5.41, 5.74) is 2.04. The van der Waals surface area contributed by atoms with Crippen LogP contribution in [0.4, 0.5) is 5.69 Å². The van der Waals surface area contributed by atoms with Gasteiger partial charge in [-0.05, 0) is 38.1 Å². The van der Waals surface area contributed by atoms with E-state index in [0.29, 0.717) is 24.7 Å². The summed E-state index contributed by atoms with van der Waals surface area (Å²) in [6, 6.07) is 11.9. The highest BCUT2D eigenvalue weighted by Gasteiger charge is 2.21. The van der Waals surface area contributed by atoms with E-state index >= 15 is 0 Å². The normalized spacial score (nSPS) is 11.5. The lowest BCUT2D eigenvalue weighted by molar-refractivity contribution is 0.317. The Balaban J connectivity index is 1.64. The minimum Gasteiger partial charge on any atom is -0.494 e. The Labute approximate surface area is 179 Å². The first-order chi connectivity index (χ1) is 14.5. The van der Waals surface area contributed by atoms with Gasteiger partial charge in [0.15, 0.2) is 4.96 Å². The van der Waals surface area contributed by atoms with Gasteiger partial charge in [0.05, 0.1) is 18.9 Å². The summed E-state index contributed by atoms with van der Waals surface area (Å²) in [7, 11) is -3.86. The number of fused-ring (bicyclic) bond motifs is 1. The number of nitrogens with one attached hydrogen (secondary N) is 1. The predicted octanol–water partition coefficient (Wildman–Crippen LogP) is 4.66. The quantitative estimate of drug-likeness (QED) is 0.428. The third-order valence-electron chi connectivity index (χ3n) is 4.32. The monoisotopic (exact) mass is 443 g/mol. The number of thiazole rings is 1. The summed E-state index contributed by atoms with van der Waals surface area (Å²) >= 11 is 1.54. The molecule has 1 N–H and O–H groups in total. The maximum Gasteiger partial charge on any atom is 0.265 e. The van der Waals surface area contributed by atoms with Crippen LogP contribution in [0.1, 0.15) is 13.8 Å². The Morgan fingerprint density at radius 1 is 1.10 bits per heavy atom. The molecule has 30 heavy (non-hydrogen) atoms.